The molecule has 0 atom stereocenters. The predicted molar refractivity (Wildman–Crippen MR) is 99.5 cm³/mol. The van der Waals surface area contributed by atoms with Crippen LogP contribution in [0.3, 0.4) is 0 Å². The third-order valence-electron chi connectivity index (χ3n) is 3.17. The van der Waals surface area contributed by atoms with Crippen molar-refractivity contribution in [2.24, 2.45) is 0 Å². The molecule has 0 aliphatic carbocycles. The Hall–Kier alpha value is -3.09. The summed E-state index contributed by atoms with van der Waals surface area (Å²) in [5, 5.41) is 8.98. The van der Waals surface area contributed by atoms with Gasteiger partial charge in [-0.1, -0.05) is 41.6 Å². The molecule has 0 radical (unpaired) electrons. The summed E-state index contributed by atoms with van der Waals surface area (Å²) in [6.07, 6.45) is 2.93. The fourth-order valence-corrected chi connectivity index (χ4v) is 2.04. The van der Waals surface area contributed by atoms with Crippen LogP contribution in [0.2, 0.25) is 0 Å². The molecule has 1 aromatic heterocycles. The van der Waals surface area contributed by atoms with E-state index in [1.54, 1.807) is 33.8 Å². The van der Waals surface area contributed by atoms with Crippen LogP contribution in [0.25, 0.3) is 12.2 Å². The monoisotopic (exact) mass is 357 g/mol. The number of carbonyl (C=O) groups is 2. The normalized spacial score (nSPS) is 11.4. The van der Waals surface area contributed by atoms with Crippen LogP contribution in [0.4, 0.5) is 10.5 Å². The first-order valence-electron chi connectivity index (χ1n) is 8.21. The quantitative estimate of drug-likeness (QED) is 0.852. The molecule has 26 heavy (non-hydrogen) atoms. The molecule has 7 heteroatoms. The standard InChI is InChI=1S/C19H23N3O4/c1-13-17(21-16(23)12-20-18(24)25-19(2,3)4)15(26-22-13)11-10-14-8-6-5-7-9-14/h5-11H,12H2,1-4H3,(H,20,24)(H,21,23)/b11-10+. The largest absolute Gasteiger partial charge is 0.444 e. The van der Waals surface area contributed by atoms with Crippen molar-refractivity contribution >= 4 is 29.8 Å². The van der Waals surface area contributed by atoms with Crippen LogP contribution in [0, 0.1) is 6.92 Å². The molecule has 138 valence electrons. The topological polar surface area (TPSA) is 93.5 Å². The molecule has 0 unspecified atom stereocenters. The van der Waals surface area contributed by atoms with Gasteiger partial charge in [0, 0.05) is 0 Å². The molecule has 2 aromatic rings. The molecule has 0 aliphatic heterocycles. The summed E-state index contributed by atoms with van der Waals surface area (Å²) in [4.78, 5) is 23.7. The van der Waals surface area contributed by atoms with Crippen LogP contribution in [-0.2, 0) is 9.53 Å². The highest BCUT2D eigenvalue weighted by Gasteiger charge is 2.18. The van der Waals surface area contributed by atoms with Gasteiger partial charge in [0.05, 0.1) is 0 Å². The average molecular weight is 357 g/mol. The zero-order valence-corrected chi connectivity index (χ0v) is 15.3. The molecule has 1 aromatic carbocycles. The Morgan fingerprint density at radius 3 is 2.54 bits per heavy atom. The number of nitrogens with one attached hydrogen (secondary N) is 2. The molecular formula is C19H23N3O4. The Balaban J connectivity index is 1.97. The summed E-state index contributed by atoms with van der Waals surface area (Å²) in [5.41, 5.74) is 1.38. The molecule has 0 fully saturated rings. The zero-order chi connectivity index (χ0) is 19.2. The summed E-state index contributed by atoms with van der Waals surface area (Å²) in [6, 6.07) is 9.68. The summed E-state index contributed by atoms with van der Waals surface area (Å²) < 4.78 is 10.3. The van der Waals surface area contributed by atoms with Gasteiger partial charge in [-0.05, 0) is 39.3 Å². The van der Waals surface area contributed by atoms with Crippen molar-refractivity contribution in [2.75, 3.05) is 11.9 Å². The third kappa shape index (κ3) is 6.08. The van der Waals surface area contributed by atoms with E-state index >= 15 is 0 Å². The lowest BCUT2D eigenvalue weighted by molar-refractivity contribution is -0.115. The van der Waals surface area contributed by atoms with Crippen LogP contribution in [0.1, 0.15) is 37.8 Å². The van der Waals surface area contributed by atoms with Gasteiger partial charge in [0.2, 0.25) is 5.91 Å². The first kappa shape index (κ1) is 19.2. The molecule has 2 N–H and O–H groups in total. The Morgan fingerprint density at radius 1 is 1.19 bits per heavy atom. The van der Waals surface area contributed by atoms with Gasteiger partial charge in [0.25, 0.3) is 0 Å². The van der Waals surface area contributed by atoms with Crippen molar-refractivity contribution in [3.63, 3.8) is 0 Å². The number of amides is 2. The number of alkyl carbamates (subject to hydrolysis) is 1. The Labute approximate surface area is 152 Å². The van der Waals surface area contributed by atoms with Gasteiger partial charge in [-0.25, -0.2) is 4.79 Å². The van der Waals surface area contributed by atoms with Gasteiger partial charge < -0.3 is 19.9 Å². The number of rotatable bonds is 5. The van der Waals surface area contributed by atoms with Crippen LogP contribution >= 0.6 is 0 Å². The number of hydrogen-bond donors (Lipinski definition) is 2. The van der Waals surface area contributed by atoms with Gasteiger partial charge in [-0.3, -0.25) is 4.79 Å². The SMILES string of the molecule is Cc1noc(/C=C/c2ccccc2)c1NC(=O)CNC(=O)OC(C)(C)C. The maximum absolute atomic E-state index is 12.1. The van der Waals surface area contributed by atoms with Crippen molar-refractivity contribution in [2.45, 2.75) is 33.3 Å². The Morgan fingerprint density at radius 2 is 1.88 bits per heavy atom. The highest BCUT2D eigenvalue weighted by atomic mass is 16.6. The first-order chi connectivity index (χ1) is 12.2. The smallest absolute Gasteiger partial charge is 0.408 e. The van der Waals surface area contributed by atoms with Gasteiger partial charge >= 0.3 is 6.09 Å². The number of benzene rings is 1. The fourth-order valence-electron chi connectivity index (χ4n) is 2.04. The Bertz CT molecular complexity index is 789. The maximum atomic E-state index is 12.1. The number of ether oxygens (including phenoxy) is 1. The molecule has 0 spiro atoms. The van der Waals surface area contributed by atoms with E-state index < -0.39 is 17.6 Å². The number of nitrogens with zero attached hydrogens (tertiary/aromatic N) is 1. The summed E-state index contributed by atoms with van der Waals surface area (Å²) in [5.74, 6) is 0.0218. The molecule has 0 bridgehead atoms. The molecule has 2 rings (SSSR count). The molecule has 1 heterocycles. The fraction of sp³-hybridized carbons (Fsp3) is 0.316. The van der Waals surface area contributed by atoms with E-state index in [1.807, 2.05) is 36.4 Å². The third-order valence-corrected chi connectivity index (χ3v) is 3.17. The molecule has 2 amide bonds. The first-order valence-corrected chi connectivity index (χ1v) is 8.21. The van der Waals surface area contributed by atoms with E-state index in [-0.39, 0.29) is 6.54 Å². The number of carbonyl (C=O) groups excluding carboxylic acids is 2. The van der Waals surface area contributed by atoms with E-state index in [1.165, 1.54) is 0 Å². The Kier molecular flexibility index (Phi) is 6.16. The molecule has 0 aliphatic rings. The predicted octanol–water partition coefficient (Wildman–Crippen LogP) is 3.62. The lowest BCUT2D eigenvalue weighted by Gasteiger charge is -2.19. The van der Waals surface area contributed by atoms with Gasteiger partial charge in [-0.2, -0.15) is 0 Å². The summed E-state index contributed by atoms with van der Waals surface area (Å²) in [6.45, 7) is 6.75. The van der Waals surface area contributed by atoms with Gasteiger partial charge in [0.1, 0.15) is 23.5 Å². The van der Waals surface area contributed by atoms with E-state index in [2.05, 4.69) is 15.8 Å². The minimum Gasteiger partial charge on any atom is -0.444 e. The van der Waals surface area contributed by atoms with Gasteiger partial charge in [0.15, 0.2) is 5.76 Å². The lowest BCUT2D eigenvalue weighted by Crippen LogP contribution is -2.37. The van der Waals surface area contributed by atoms with E-state index in [0.717, 1.165) is 5.56 Å². The highest BCUT2D eigenvalue weighted by molar-refractivity contribution is 5.96. The number of aromatic nitrogens is 1. The van der Waals surface area contributed by atoms with Crippen molar-refractivity contribution < 1.29 is 18.8 Å². The second-order valence-electron chi connectivity index (χ2n) is 6.65. The van der Waals surface area contributed by atoms with Crippen molar-refractivity contribution in [1.29, 1.82) is 0 Å². The number of anilines is 1. The minimum atomic E-state index is -0.654. The van der Waals surface area contributed by atoms with Crippen LogP contribution in [0.15, 0.2) is 34.9 Å². The molecular weight excluding hydrogens is 334 g/mol. The summed E-state index contributed by atoms with van der Waals surface area (Å²) in [7, 11) is 0. The van der Waals surface area contributed by atoms with Crippen molar-refractivity contribution in [1.82, 2.24) is 10.5 Å². The average Bonchev–Trinajstić information content (AvgIpc) is 2.91. The van der Waals surface area contributed by atoms with Crippen molar-refractivity contribution in [3.05, 3.63) is 47.3 Å². The maximum Gasteiger partial charge on any atom is 0.408 e. The van der Waals surface area contributed by atoms with E-state index in [0.29, 0.717) is 17.1 Å². The van der Waals surface area contributed by atoms with Crippen molar-refractivity contribution in [3.8, 4) is 0 Å². The number of aryl methyl sites for hydroxylation is 1. The van der Waals surface area contributed by atoms with Gasteiger partial charge in [-0.15, -0.1) is 0 Å². The molecule has 0 saturated heterocycles. The minimum absolute atomic E-state index is 0.221. The number of hydrogen-bond acceptors (Lipinski definition) is 5. The van der Waals surface area contributed by atoms with Crippen LogP contribution in [0.5, 0.6) is 0 Å². The zero-order valence-electron chi connectivity index (χ0n) is 15.3. The highest BCUT2D eigenvalue weighted by Crippen LogP contribution is 2.22. The molecule has 0 saturated carbocycles. The summed E-state index contributed by atoms with van der Waals surface area (Å²) >= 11 is 0. The molecule has 7 nitrogen and oxygen atoms in total. The van der Waals surface area contributed by atoms with E-state index in [4.69, 9.17) is 9.26 Å². The second kappa shape index (κ2) is 8.33. The second-order valence-corrected chi connectivity index (χ2v) is 6.65. The van der Waals surface area contributed by atoms with Crippen LogP contribution < -0.4 is 10.6 Å². The lowest BCUT2D eigenvalue weighted by atomic mass is 10.2. The van der Waals surface area contributed by atoms with E-state index in [9.17, 15) is 9.59 Å². The van der Waals surface area contributed by atoms with Crippen LogP contribution in [-0.4, -0.2) is 29.3 Å².